The molecule has 0 aliphatic rings. The van der Waals surface area contributed by atoms with Gasteiger partial charge in [-0.15, -0.1) is 0 Å². The normalized spacial score (nSPS) is 11.1. The van der Waals surface area contributed by atoms with Gasteiger partial charge < -0.3 is 5.32 Å². The second kappa shape index (κ2) is 6.64. The third-order valence-corrected chi connectivity index (χ3v) is 4.27. The third kappa shape index (κ3) is 3.29. The maximum Gasteiger partial charge on any atom is 0.257 e. The minimum absolute atomic E-state index is 0.232. The van der Waals surface area contributed by atoms with Gasteiger partial charge in [-0.05, 0) is 32.0 Å². The molecule has 0 radical (unpaired) electrons. The van der Waals surface area contributed by atoms with Gasteiger partial charge in [-0.3, -0.25) is 19.1 Å². The Morgan fingerprint density at radius 1 is 1.19 bits per heavy atom. The van der Waals surface area contributed by atoms with Gasteiger partial charge in [0.25, 0.3) is 5.91 Å². The summed E-state index contributed by atoms with van der Waals surface area (Å²) in [6, 6.07) is 9.28. The molecule has 0 fully saturated rings. The Kier molecular flexibility index (Phi) is 4.15. The van der Waals surface area contributed by atoms with Crippen LogP contribution >= 0.6 is 0 Å². The van der Waals surface area contributed by atoms with Crippen LogP contribution in [0.1, 0.15) is 27.4 Å². The predicted octanol–water partition coefficient (Wildman–Crippen LogP) is 2.48. The molecule has 0 spiro atoms. The number of nitrogens with zero attached hydrogens (tertiary/aromatic N) is 6. The van der Waals surface area contributed by atoms with Crippen molar-refractivity contribution >= 4 is 22.8 Å². The molecule has 4 aromatic heterocycles. The molecule has 4 heterocycles. The highest BCUT2D eigenvalue weighted by molar-refractivity contribution is 6.12. The lowest BCUT2D eigenvalue weighted by molar-refractivity contribution is 0.102. The molecule has 27 heavy (non-hydrogen) atoms. The Hall–Kier alpha value is -3.55. The SMILES string of the molecule is Cc1cc(C(=O)Nc2ccn(Cc3ccccn3)n2)c2c(C)nn(C)c2n1. The van der Waals surface area contributed by atoms with E-state index in [0.717, 1.165) is 22.5 Å². The fourth-order valence-electron chi connectivity index (χ4n) is 3.11. The van der Waals surface area contributed by atoms with E-state index in [9.17, 15) is 4.79 Å². The molecule has 8 nitrogen and oxygen atoms in total. The zero-order valence-corrected chi connectivity index (χ0v) is 15.3. The smallest absolute Gasteiger partial charge is 0.257 e. The van der Waals surface area contributed by atoms with Crippen LogP contribution in [-0.2, 0) is 13.6 Å². The van der Waals surface area contributed by atoms with Crippen molar-refractivity contribution in [3.63, 3.8) is 0 Å². The van der Waals surface area contributed by atoms with E-state index in [1.54, 1.807) is 27.7 Å². The second-order valence-corrected chi connectivity index (χ2v) is 6.39. The van der Waals surface area contributed by atoms with E-state index in [4.69, 9.17) is 0 Å². The third-order valence-electron chi connectivity index (χ3n) is 4.27. The summed E-state index contributed by atoms with van der Waals surface area (Å²) < 4.78 is 3.43. The highest BCUT2D eigenvalue weighted by atomic mass is 16.1. The highest BCUT2D eigenvalue weighted by Crippen LogP contribution is 2.22. The van der Waals surface area contributed by atoms with Gasteiger partial charge in [-0.2, -0.15) is 10.2 Å². The number of fused-ring (bicyclic) bond motifs is 1. The van der Waals surface area contributed by atoms with Crippen molar-refractivity contribution in [2.75, 3.05) is 5.32 Å². The Morgan fingerprint density at radius 3 is 2.81 bits per heavy atom. The standard InChI is InChI=1S/C19H19N7O/c1-12-10-15(17-13(2)23-25(3)18(17)21-12)19(27)22-16-7-9-26(24-16)11-14-6-4-5-8-20-14/h4-10H,11H2,1-3H3,(H,22,24,27). The van der Waals surface area contributed by atoms with Crippen molar-refractivity contribution in [1.29, 1.82) is 0 Å². The molecule has 4 aromatic rings. The molecule has 0 saturated heterocycles. The van der Waals surface area contributed by atoms with Crippen LogP contribution in [0.5, 0.6) is 0 Å². The first-order chi connectivity index (χ1) is 13.0. The van der Waals surface area contributed by atoms with Gasteiger partial charge in [0.1, 0.15) is 0 Å². The van der Waals surface area contributed by atoms with E-state index in [-0.39, 0.29) is 5.91 Å². The monoisotopic (exact) mass is 361 g/mol. The zero-order valence-electron chi connectivity index (χ0n) is 15.3. The van der Waals surface area contributed by atoms with Gasteiger partial charge in [0.2, 0.25) is 0 Å². The lowest BCUT2D eigenvalue weighted by Crippen LogP contribution is -2.14. The number of aryl methyl sites for hydroxylation is 3. The summed E-state index contributed by atoms with van der Waals surface area (Å²) in [4.78, 5) is 21.6. The van der Waals surface area contributed by atoms with Crippen LogP contribution < -0.4 is 5.32 Å². The summed E-state index contributed by atoms with van der Waals surface area (Å²) in [6.45, 7) is 4.27. The molecule has 0 bridgehead atoms. The van der Waals surface area contributed by atoms with E-state index in [0.29, 0.717) is 23.6 Å². The summed E-state index contributed by atoms with van der Waals surface area (Å²) in [5.41, 5.74) is 3.67. The number of amides is 1. The van der Waals surface area contributed by atoms with Crippen molar-refractivity contribution in [1.82, 2.24) is 29.5 Å². The fourth-order valence-corrected chi connectivity index (χ4v) is 3.11. The molecule has 0 aliphatic heterocycles. The maximum atomic E-state index is 12.9. The summed E-state index contributed by atoms with van der Waals surface area (Å²) >= 11 is 0. The number of rotatable bonds is 4. The number of anilines is 1. The Morgan fingerprint density at radius 2 is 2.04 bits per heavy atom. The minimum Gasteiger partial charge on any atom is -0.305 e. The number of nitrogens with one attached hydrogen (secondary N) is 1. The van der Waals surface area contributed by atoms with Crippen LogP contribution in [0.2, 0.25) is 0 Å². The van der Waals surface area contributed by atoms with Crippen LogP contribution in [0.25, 0.3) is 11.0 Å². The first-order valence-electron chi connectivity index (χ1n) is 8.57. The first kappa shape index (κ1) is 16.9. The molecule has 0 atom stereocenters. The molecule has 1 N–H and O–H groups in total. The predicted molar refractivity (Wildman–Crippen MR) is 102 cm³/mol. The highest BCUT2D eigenvalue weighted by Gasteiger charge is 2.18. The summed E-state index contributed by atoms with van der Waals surface area (Å²) in [5, 5.41) is 12.4. The molecule has 8 heteroatoms. The largest absolute Gasteiger partial charge is 0.305 e. The molecular formula is C19H19N7O. The summed E-state index contributed by atoms with van der Waals surface area (Å²) in [7, 11) is 1.82. The molecule has 0 unspecified atom stereocenters. The number of pyridine rings is 2. The van der Waals surface area contributed by atoms with Crippen molar-refractivity contribution in [3.05, 3.63) is 65.4 Å². The van der Waals surface area contributed by atoms with Crippen LogP contribution in [0.15, 0.2) is 42.7 Å². The van der Waals surface area contributed by atoms with Crippen LogP contribution in [0.4, 0.5) is 5.82 Å². The molecule has 1 amide bonds. The Labute approximate surface area is 155 Å². The molecule has 4 rings (SSSR count). The molecular weight excluding hydrogens is 342 g/mol. The van der Waals surface area contributed by atoms with Crippen LogP contribution in [0, 0.1) is 13.8 Å². The topological polar surface area (TPSA) is 90.5 Å². The second-order valence-electron chi connectivity index (χ2n) is 6.39. The fraction of sp³-hybridized carbons (Fsp3) is 0.211. The van der Waals surface area contributed by atoms with Gasteiger partial charge in [0, 0.05) is 31.2 Å². The molecule has 136 valence electrons. The van der Waals surface area contributed by atoms with Crippen molar-refractivity contribution < 1.29 is 4.79 Å². The van der Waals surface area contributed by atoms with E-state index in [2.05, 4.69) is 25.5 Å². The average molecular weight is 361 g/mol. The van der Waals surface area contributed by atoms with Gasteiger partial charge in [-0.25, -0.2) is 4.98 Å². The van der Waals surface area contributed by atoms with Gasteiger partial charge >= 0.3 is 0 Å². The molecule has 0 saturated carbocycles. The van der Waals surface area contributed by atoms with Gasteiger partial charge in [-0.1, -0.05) is 6.07 Å². The quantitative estimate of drug-likeness (QED) is 0.603. The van der Waals surface area contributed by atoms with Crippen molar-refractivity contribution in [3.8, 4) is 0 Å². The lowest BCUT2D eigenvalue weighted by atomic mass is 10.1. The van der Waals surface area contributed by atoms with E-state index in [1.807, 2.05) is 45.3 Å². The summed E-state index contributed by atoms with van der Waals surface area (Å²) in [5.74, 6) is 0.254. The molecule has 0 aliphatic carbocycles. The Bertz CT molecular complexity index is 1130. The van der Waals surface area contributed by atoms with Crippen LogP contribution in [0.3, 0.4) is 0 Å². The first-order valence-corrected chi connectivity index (χ1v) is 8.57. The Balaban J connectivity index is 1.59. The average Bonchev–Trinajstić information content (AvgIpc) is 3.19. The number of hydrogen-bond acceptors (Lipinski definition) is 5. The summed E-state index contributed by atoms with van der Waals surface area (Å²) in [6.07, 6.45) is 3.56. The van der Waals surface area contributed by atoms with Crippen LogP contribution in [-0.4, -0.2) is 35.4 Å². The van der Waals surface area contributed by atoms with Gasteiger partial charge in [0.05, 0.1) is 28.9 Å². The minimum atomic E-state index is -0.232. The number of carbonyl (C=O) groups excluding carboxylic acids is 1. The lowest BCUT2D eigenvalue weighted by Gasteiger charge is -2.06. The number of aromatic nitrogens is 6. The van der Waals surface area contributed by atoms with Crippen molar-refractivity contribution in [2.45, 2.75) is 20.4 Å². The zero-order chi connectivity index (χ0) is 19.0. The van der Waals surface area contributed by atoms with Crippen molar-refractivity contribution in [2.24, 2.45) is 7.05 Å². The van der Waals surface area contributed by atoms with E-state index < -0.39 is 0 Å². The number of carbonyl (C=O) groups is 1. The maximum absolute atomic E-state index is 12.9. The number of hydrogen-bond donors (Lipinski definition) is 1. The molecule has 0 aromatic carbocycles. The van der Waals surface area contributed by atoms with E-state index in [1.165, 1.54) is 0 Å². The van der Waals surface area contributed by atoms with E-state index >= 15 is 0 Å². The van der Waals surface area contributed by atoms with Gasteiger partial charge in [0.15, 0.2) is 11.5 Å².